The molecule has 3 rings (SSSR count). The number of phenolic OH excluding ortho intramolecular Hbond substituents is 1. The molecule has 3 aromatic rings. The fourth-order valence-electron chi connectivity index (χ4n) is 2.40. The number of halogens is 2. The molecule has 0 spiro atoms. The van der Waals surface area contributed by atoms with Gasteiger partial charge in [-0.2, -0.15) is 0 Å². The predicted molar refractivity (Wildman–Crippen MR) is 115 cm³/mol. The van der Waals surface area contributed by atoms with Gasteiger partial charge in [0.05, 0.1) is 24.1 Å². The molecule has 0 radical (unpaired) electrons. The Bertz CT molecular complexity index is 1020. The van der Waals surface area contributed by atoms with Gasteiger partial charge in [-0.3, -0.25) is 9.79 Å². The molecule has 1 heterocycles. The van der Waals surface area contributed by atoms with Gasteiger partial charge in [-0.25, -0.2) is 0 Å². The summed E-state index contributed by atoms with van der Waals surface area (Å²) in [6.07, 6.45) is 2.97. The molecular formula is C20H16Br2N2O4. The lowest BCUT2D eigenvalue weighted by Gasteiger charge is -2.11. The fourth-order valence-corrected chi connectivity index (χ4v) is 3.23. The van der Waals surface area contributed by atoms with Gasteiger partial charge in [0.2, 0.25) is 0 Å². The highest BCUT2D eigenvalue weighted by Gasteiger charge is 2.15. The number of rotatable bonds is 6. The van der Waals surface area contributed by atoms with Crippen LogP contribution in [0.15, 0.2) is 67.1 Å². The third kappa shape index (κ3) is 4.63. The number of anilines is 1. The van der Waals surface area contributed by atoms with Crippen LogP contribution in [0.25, 0.3) is 0 Å². The van der Waals surface area contributed by atoms with Gasteiger partial charge in [0.1, 0.15) is 0 Å². The first-order valence-electron chi connectivity index (χ1n) is 8.32. The van der Waals surface area contributed by atoms with Gasteiger partial charge in [0, 0.05) is 20.8 Å². The third-order valence-electron chi connectivity index (χ3n) is 3.68. The van der Waals surface area contributed by atoms with Gasteiger partial charge >= 0.3 is 0 Å². The summed E-state index contributed by atoms with van der Waals surface area (Å²) in [5.74, 6) is 0.224. The molecule has 0 saturated heterocycles. The predicted octanol–water partition coefficient (Wildman–Crippen LogP) is 5.91. The van der Waals surface area contributed by atoms with Crippen LogP contribution in [0.4, 0.5) is 11.4 Å². The van der Waals surface area contributed by atoms with Crippen LogP contribution in [-0.4, -0.2) is 23.8 Å². The van der Waals surface area contributed by atoms with Gasteiger partial charge in [-0.1, -0.05) is 6.07 Å². The molecule has 0 unspecified atom stereocenters. The molecule has 144 valence electrons. The highest BCUT2D eigenvalue weighted by molar-refractivity contribution is 9.13. The molecule has 0 fully saturated rings. The summed E-state index contributed by atoms with van der Waals surface area (Å²) >= 11 is 6.87. The van der Waals surface area contributed by atoms with Crippen molar-refractivity contribution in [3.63, 3.8) is 0 Å². The van der Waals surface area contributed by atoms with Crippen molar-refractivity contribution in [3.8, 4) is 11.5 Å². The summed E-state index contributed by atoms with van der Waals surface area (Å²) in [6.45, 7) is 2.27. The molecule has 6 nitrogen and oxygen atoms in total. The number of hydrogen-bond acceptors (Lipinski definition) is 5. The molecule has 0 aliphatic rings. The van der Waals surface area contributed by atoms with Crippen molar-refractivity contribution in [2.24, 2.45) is 4.99 Å². The molecule has 0 aliphatic heterocycles. The summed E-state index contributed by atoms with van der Waals surface area (Å²) in [5.41, 5.74) is 1.65. The summed E-state index contributed by atoms with van der Waals surface area (Å²) < 4.78 is 11.9. The van der Waals surface area contributed by atoms with E-state index < -0.39 is 0 Å². The fraction of sp³-hybridized carbons (Fsp3) is 0.100. The Balaban J connectivity index is 1.84. The topological polar surface area (TPSA) is 84.1 Å². The second kappa shape index (κ2) is 9.07. The maximum atomic E-state index is 12.1. The minimum absolute atomic E-state index is 0.0112. The van der Waals surface area contributed by atoms with E-state index >= 15 is 0 Å². The van der Waals surface area contributed by atoms with E-state index in [0.29, 0.717) is 33.8 Å². The average molecular weight is 508 g/mol. The zero-order valence-electron chi connectivity index (χ0n) is 14.8. The van der Waals surface area contributed by atoms with E-state index in [2.05, 4.69) is 42.2 Å². The second-order valence-corrected chi connectivity index (χ2v) is 7.25. The van der Waals surface area contributed by atoms with E-state index in [4.69, 9.17) is 9.15 Å². The highest BCUT2D eigenvalue weighted by atomic mass is 79.9. The Morgan fingerprint density at radius 3 is 2.82 bits per heavy atom. The number of aliphatic imine (C=N–C) groups is 1. The Hall–Kier alpha value is -2.58. The summed E-state index contributed by atoms with van der Waals surface area (Å²) in [6, 6.07) is 11.9. The SMILES string of the molecule is CCOc1cc(Br)c(Br)c(C=Nc2cccc(NC(=O)c3ccco3)c2)c1O. The summed E-state index contributed by atoms with van der Waals surface area (Å²) in [4.78, 5) is 16.5. The number of furan rings is 1. The molecule has 0 aliphatic carbocycles. The van der Waals surface area contributed by atoms with Gasteiger partial charge in [0.15, 0.2) is 17.3 Å². The monoisotopic (exact) mass is 506 g/mol. The van der Waals surface area contributed by atoms with Crippen LogP contribution in [-0.2, 0) is 0 Å². The Morgan fingerprint density at radius 2 is 2.11 bits per heavy atom. The van der Waals surface area contributed by atoms with Crippen molar-refractivity contribution < 1.29 is 19.1 Å². The van der Waals surface area contributed by atoms with Crippen LogP contribution in [0.5, 0.6) is 11.5 Å². The Labute approximate surface area is 178 Å². The van der Waals surface area contributed by atoms with Crippen LogP contribution >= 0.6 is 31.9 Å². The number of carbonyl (C=O) groups is 1. The van der Waals surface area contributed by atoms with E-state index in [1.54, 1.807) is 42.5 Å². The van der Waals surface area contributed by atoms with Crippen molar-refractivity contribution in [2.75, 3.05) is 11.9 Å². The van der Waals surface area contributed by atoms with Crippen molar-refractivity contribution in [1.29, 1.82) is 0 Å². The average Bonchev–Trinajstić information content (AvgIpc) is 3.21. The Morgan fingerprint density at radius 1 is 1.29 bits per heavy atom. The van der Waals surface area contributed by atoms with Crippen molar-refractivity contribution >= 4 is 55.4 Å². The van der Waals surface area contributed by atoms with Crippen molar-refractivity contribution in [1.82, 2.24) is 0 Å². The maximum Gasteiger partial charge on any atom is 0.291 e. The molecule has 2 N–H and O–H groups in total. The van der Waals surface area contributed by atoms with E-state index in [0.717, 1.165) is 4.47 Å². The number of phenols is 1. The zero-order valence-corrected chi connectivity index (χ0v) is 18.0. The van der Waals surface area contributed by atoms with Crippen LogP contribution in [0.2, 0.25) is 0 Å². The molecule has 0 saturated carbocycles. The molecule has 0 atom stereocenters. The van der Waals surface area contributed by atoms with Crippen molar-refractivity contribution in [3.05, 3.63) is 69.0 Å². The summed E-state index contributed by atoms with van der Waals surface area (Å²) in [7, 11) is 0. The van der Waals surface area contributed by atoms with Crippen molar-refractivity contribution in [2.45, 2.75) is 6.92 Å². The number of ether oxygens (including phenoxy) is 1. The lowest BCUT2D eigenvalue weighted by Crippen LogP contribution is -2.10. The van der Waals surface area contributed by atoms with Gasteiger partial charge in [-0.05, 0) is 75.2 Å². The molecule has 2 aromatic carbocycles. The normalized spacial score (nSPS) is 11.0. The number of amides is 1. The van der Waals surface area contributed by atoms with E-state index in [9.17, 15) is 9.90 Å². The highest BCUT2D eigenvalue weighted by Crippen LogP contribution is 2.40. The van der Waals surface area contributed by atoms with Crippen LogP contribution in [0, 0.1) is 0 Å². The van der Waals surface area contributed by atoms with Crippen LogP contribution < -0.4 is 10.1 Å². The maximum absolute atomic E-state index is 12.1. The first-order chi connectivity index (χ1) is 13.5. The zero-order chi connectivity index (χ0) is 20.1. The van der Waals surface area contributed by atoms with Crippen LogP contribution in [0.1, 0.15) is 23.0 Å². The third-order valence-corrected chi connectivity index (χ3v) is 5.70. The summed E-state index contributed by atoms with van der Waals surface area (Å²) in [5, 5.41) is 13.2. The molecule has 28 heavy (non-hydrogen) atoms. The van der Waals surface area contributed by atoms with E-state index in [-0.39, 0.29) is 17.4 Å². The first-order valence-corrected chi connectivity index (χ1v) is 9.91. The van der Waals surface area contributed by atoms with E-state index in [1.807, 2.05) is 6.92 Å². The number of nitrogens with one attached hydrogen (secondary N) is 1. The smallest absolute Gasteiger partial charge is 0.291 e. The molecule has 0 bridgehead atoms. The number of carbonyl (C=O) groups excluding carboxylic acids is 1. The van der Waals surface area contributed by atoms with Gasteiger partial charge in [0.25, 0.3) is 5.91 Å². The van der Waals surface area contributed by atoms with Gasteiger partial charge < -0.3 is 19.6 Å². The molecule has 8 heteroatoms. The Kier molecular flexibility index (Phi) is 6.53. The number of hydrogen-bond donors (Lipinski definition) is 2. The number of benzene rings is 2. The second-order valence-electron chi connectivity index (χ2n) is 5.61. The quantitative estimate of drug-likeness (QED) is 0.406. The standard InChI is InChI=1S/C20H16Br2N2O4/c1-2-27-17-10-15(21)18(22)14(19(17)25)11-23-12-5-3-6-13(9-12)24-20(26)16-7-4-8-28-16/h3-11,25H,2H2,1H3,(H,24,26). The van der Waals surface area contributed by atoms with Gasteiger partial charge in [-0.15, -0.1) is 0 Å². The first kappa shape index (κ1) is 20.2. The van der Waals surface area contributed by atoms with Crippen LogP contribution in [0.3, 0.4) is 0 Å². The largest absolute Gasteiger partial charge is 0.504 e. The molecular weight excluding hydrogens is 492 g/mol. The number of aromatic hydroxyl groups is 1. The molecule has 1 amide bonds. The minimum Gasteiger partial charge on any atom is -0.504 e. The molecule has 1 aromatic heterocycles. The lowest BCUT2D eigenvalue weighted by molar-refractivity contribution is 0.0996. The van der Waals surface area contributed by atoms with E-state index in [1.165, 1.54) is 12.5 Å². The minimum atomic E-state index is -0.347. The number of nitrogens with zero attached hydrogens (tertiary/aromatic N) is 1. The lowest BCUT2D eigenvalue weighted by atomic mass is 10.2.